The van der Waals surface area contributed by atoms with Crippen LogP contribution in [0.3, 0.4) is 0 Å². The average Bonchev–Trinajstić information content (AvgIpc) is 3.40. The molecule has 3 heterocycles. The van der Waals surface area contributed by atoms with Crippen LogP contribution in [0.1, 0.15) is 27.2 Å². The predicted octanol–water partition coefficient (Wildman–Crippen LogP) is 6.43. The van der Waals surface area contributed by atoms with Crippen LogP contribution >= 0.6 is 0 Å². The van der Waals surface area contributed by atoms with Gasteiger partial charge < -0.3 is 16.0 Å². The number of imidazole rings is 1. The maximum absolute atomic E-state index is 13.1. The minimum Gasteiger partial charge on any atom is -0.339 e. The second-order valence-electron chi connectivity index (χ2n) is 8.88. The fourth-order valence-electron chi connectivity index (χ4n) is 3.81. The number of nitrogens with zero attached hydrogens (tertiary/aromatic N) is 5. The van der Waals surface area contributed by atoms with Crippen molar-refractivity contribution in [3.63, 3.8) is 0 Å². The van der Waals surface area contributed by atoms with Crippen molar-refractivity contribution in [2.45, 2.75) is 20.0 Å². The lowest BCUT2D eigenvalue weighted by Crippen LogP contribution is -2.14. The van der Waals surface area contributed by atoms with Crippen LogP contribution in [0, 0.1) is 13.8 Å². The van der Waals surface area contributed by atoms with Crippen molar-refractivity contribution in [1.82, 2.24) is 24.5 Å². The van der Waals surface area contributed by atoms with Crippen LogP contribution in [-0.4, -0.2) is 30.4 Å². The molecule has 0 aliphatic rings. The van der Waals surface area contributed by atoms with Crippen LogP contribution in [-0.2, 0) is 6.18 Å². The van der Waals surface area contributed by atoms with E-state index >= 15 is 0 Å². The maximum Gasteiger partial charge on any atom is 0.416 e. The highest BCUT2D eigenvalue weighted by molar-refractivity contribution is 6.04. The van der Waals surface area contributed by atoms with Gasteiger partial charge in [0.2, 0.25) is 5.95 Å². The van der Waals surface area contributed by atoms with Crippen molar-refractivity contribution in [2.24, 2.45) is 0 Å². The van der Waals surface area contributed by atoms with Gasteiger partial charge in [-0.05, 0) is 61.9 Å². The number of pyridine rings is 1. The van der Waals surface area contributed by atoms with E-state index in [9.17, 15) is 18.0 Å². The third-order valence-corrected chi connectivity index (χ3v) is 5.92. The fourth-order valence-corrected chi connectivity index (χ4v) is 3.81. The molecule has 0 aliphatic heterocycles. The zero-order valence-electron chi connectivity index (χ0n) is 21.4. The van der Waals surface area contributed by atoms with Gasteiger partial charge in [0.1, 0.15) is 18.0 Å². The summed E-state index contributed by atoms with van der Waals surface area (Å²) < 4.78 is 40.9. The van der Waals surface area contributed by atoms with Crippen molar-refractivity contribution in [2.75, 3.05) is 16.0 Å². The molecular formula is C28H23F3N8O. The number of anilines is 5. The van der Waals surface area contributed by atoms with Gasteiger partial charge in [-0.25, -0.2) is 15.0 Å². The Kier molecular flexibility index (Phi) is 7.15. The fraction of sp³-hybridized carbons (Fsp3) is 0.107. The first kappa shape index (κ1) is 26.4. The molecule has 0 atom stereocenters. The molecule has 0 aliphatic carbocycles. The van der Waals surface area contributed by atoms with Crippen LogP contribution in [0.25, 0.3) is 5.82 Å². The molecule has 202 valence electrons. The number of halogens is 3. The molecule has 0 unspecified atom stereocenters. The van der Waals surface area contributed by atoms with Crippen LogP contribution in [0.15, 0.2) is 85.6 Å². The van der Waals surface area contributed by atoms with Gasteiger partial charge in [-0.15, -0.1) is 0 Å². The van der Waals surface area contributed by atoms with Crippen molar-refractivity contribution in [1.29, 1.82) is 0 Å². The van der Waals surface area contributed by atoms with E-state index in [0.29, 0.717) is 29.0 Å². The monoisotopic (exact) mass is 544 g/mol. The molecule has 2 aromatic carbocycles. The summed E-state index contributed by atoms with van der Waals surface area (Å²) in [6.07, 6.45) is 1.94. The molecule has 9 nitrogen and oxygen atoms in total. The lowest BCUT2D eigenvalue weighted by Gasteiger charge is -2.14. The SMILES string of the molecule is Cc1ccc(Nc2cc(-n3ccnc3Nc3cc(NC(=O)c4cccc(C(F)(F)F)c4)ccc3C)ncn2)cn1. The molecule has 5 rings (SSSR count). The number of amides is 1. The zero-order chi connectivity index (χ0) is 28.3. The van der Waals surface area contributed by atoms with E-state index < -0.39 is 17.6 Å². The molecule has 5 aromatic rings. The maximum atomic E-state index is 13.1. The quantitative estimate of drug-likeness (QED) is 0.217. The van der Waals surface area contributed by atoms with Gasteiger partial charge in [0, 0.05) is 41.1 Å². The summed E-state index contributed by atoms with van der Waals surface area (Å²) in [7, 11) is 0. The molecule has 3 aromatic heterocycles. The average molecular weight is 545 g/mol. The summed E-state index contributed by atoms with van der Waals surface area (Å²) >= 11 is 0. The molecule has 0 saturated carbocycles. The van der Waals surface area contributed by atoms with Crippen molar-refractivity contribution >= 4 is 34.7 Å². The standard InChI is InChI=1S/C28H23F3N8O/c1-17-6-8-21(37-26(40)19-4-3-5-20(12-19)28(29,30)31)13-23(17)38-27-32-10-11-39(27)25-14-24(34-16-35-25)36-22-9-7-18(2)33-15-22/h3-16H,1-2H3,(H,32,38)(H,37,40)(H,34,35,36). The number of aryl methyl sites for hydroxylation is 2. The van der Waals surface area contributed by atoms with Crippen LogP contribution < -0.4 is 16.0 Å². The second-order valence-corrected chi connectivity index (χ2v) is 8.88. The van der Waals surface area contributed by atoms with Crippen molar-refractivity contribution < 1.29 is 18.0 Å². The smallest absolute Gasteiger partial charge is 0.339 e. The second kappa shape index (κ2) is 10.8. The third-order valence-electron chi connectivity index (χ3n) is 5.92. The Morgan fingerprint density at radius 3 is 2.48 bits per heavy atom. The highest BCUT2D eigenvalue weighted by atomic mass is 19.4. The molecule has 0 spiro atoms. The van der Waals surface area contributed by atoms with Gasteiger partial charge in [0.25, 0.3) is 5.91 Å². The molecule has 1 amide bonds. The minimum absolute atomic E-state index is 0.102. The highest BCUT2D eigenvalue weighted by Crippen LogP contribution is 2.30. The molecule has 0 radical (unpaired) electrons. The summed E-state index contributed by atoms with van der Waals surface area (Å²) in [5, 5.41) is 9.09. The summed E-state index contributed by atoms with van der Waals surface area (Å²) in [6, 6.07) is 14.9. The van der Waals surface area contributed by atoms with Crippen molar-refractivity contribution in [3.05, 3.63) is 108 Å². The summed E-state index contributed by atoms with van der Waals surface area (Å²) in [4.78, 5) is 30.0. The minimum atomic E-state index is -4.54. The van der Waals surface area contributed by atoms with E-state index in [0.717, 1.165) is 29.1 Å². The Morgan fingerprint density at radius 2 is 1.70 bits per heavy atom. The number of benzene rings is 2. The van der Waals surface area contributed by atoms with Gasteiger partial charge in [-0.2, -0.15) is 13.2 Å². The number of alkyl halides is 3. The Morgan fingerprint density at radius 1 is 0.875 bits per heavy atom. The van der Waals surface area contributed by atoms with E-state index in [1.165, 1.54) is 18.5 Å². The molecular weight excluding hydrogens is 521 g/mol. The largest absolute Gasteiger partial charge is 0.416 e. The molecule has 40 heavy (non-hydrogen) atoms. The molecule has 0 saturated heterocycles. The van der Waals surface area contributed by atoms with Gasteiger partial charge >= 0.3 is 6.18 Å². The first-order chi connectivity index (χ1) is 19.2. The third kappa shape index (κ3) is 6.07. The zero-order valence-corrected chi connectivity index (χ0v) is 21.4. The summed E-state index contributed by atoms with van der Waals surface area (Å²) in [5.74, 6) is 0.897. The van der Waals surface area contributed by atoms with Gasteiger partial charge in [-0.3, -0.25) is 14.3 Å². The summed E-state index contributed by atoms with van der Waals surface area (Å²) in [6.45, 7) is 3.78. The van der Waals surface area contributed by atoms with Crippen molar-refractivity contribution in [3.8, 4) is 5.82 Å². The van der Waals surface area contributed by atoms with Gasteiger partial charge in [0.15, 0.2) is 0 Å². The number of hydrogen-bond acceptors (Lipinski definition) is 7. The van der Waals surface area contributed by atoms with E-state index in [4.69, 9.17) is 0 Å². The number of nitrogens with one attached hydrogen (secondary N) is 3. The highest BCUT2D eigenvalue weighted by Gasteiger charge is 2.30. The van der Waals surface area contributed by atoms with Gasteiger partial charge in [0.05, 0.1) is 17.4 Å². The number of carbonyl (C=O) groups excluding carboxylic acids is 1. The number of aromatic nitrogens is 5. The Bertz CT molecular complexity index is 1670. The molecule has 0 fully saturated rings. The topological polar surface area (TPSA) is 110 Å². The summed E-state index contributed by atoms with van der Waals surface area (Å²) in [5.41, 5.74) is 2.56. The van der Waals surface area contributed by atoms with E-state index in [1.807, 2.05) is 26.0 Å². The molecule has 0 bridgehead atoms. The Labute approximate surface area is 227 Å². The number of rotatable bonds is 7. The molecule has 12 heteroatoms. The first-order valence-corrected chi connectivity index (χ1v) is 12.1. The lowest BCUT2D eigenvalue weighted by atomic mass is 10.1. The van der Waals surface area contributed by atoms with E-state index in [1.54, 1.807) is 47.4 Å². The Hall–Kier alpha value is -5.26. The van der Waals surface area contributed by atoms with E-state index in [-0.39, 0.29) is 5.56 Å². The van der Waals surface area contributed by atoms with Gasteiger partial charge in [-0.1, -0.05) is 12.1 Å². The van der Waals surface area contributed by atoms with Crippen LogP contribution in [0.2, 0.25) is 0 Å². The predicted molar refractivity (Wildman–Crippen MR) is 145 cm³/mol. The molecule has 3 N–H and O–H groups in total. The Balaban J connectivity index is 1.34. The number of carbonyl (C=O) groups is 1. The van der Waals surface area contributed by atoms with Crippen LogP contribution in [0.5, 0.6) is 0 Å². The van der Waals surface area contributed by atoms with E-state index in [2.05, 4.69) is 35.9 Å². The first-order valence-electron chi connectivity index (χ1n) is 12.1. The number of hydrogen-bond donors (Lipinski definition) is 3. The normalized spacial score (nSPS) is 11.2. The lowest BCUT2D eigenvalue weighted by molar-refractivity contribution is -0.137. The van der Waals surface area contributed by atoms with Crippen LogP contribution in [0.4, 0.5) is 42.0 Å².